The number of piperazine rings is 1. The summed E-state index contributed by atoms with van der Waals surface area (Å²) in [5.41, 5.74) is -1.48. The topological polar surface area (TPSA) is 49.4 Å². The van der Waals surface area contributed by atoms with Crippen LogP contribution >= 0.6 is 0 Å². The molecule has 0 aromatic rings. The third-order valence-corrected chi connectivity index (χ3v) is 5.14. The van der Waals surface area contributed by atoms with E-state index in [0.717, 1.165) is 25.7 Å². The summed E-state index contributed by atoms with van der Waals surface area (Å²) in [5.74, 6) is -0.0795. The number of hydrogen-bond acceptors (Lipinski definition) is 2. The largest absolute Gasteiger partial charge is 0.340 e. The second kappa shape index (κ2) is 4.46. The molecule has 3 aliphatic rings. The first-order valence-corrected chi connectivity index (χ1v) is 7.35. The van der Waals surface area contributed by atoms with Crippen molar-refractivity contribution in [2.75, 3.05) is 13.2 Å². The Labute approximate surface area is 112 Å². The highest BCUT2D eigenvalue weighted by Crippen LogP contribution is 2.43. The van der Waals surface area contributed by atoms with Gasteiger partial charge in [-0.15, -0.1) is 0 Å². The fourth-order valence-corrected chi connectivity index (χ4v) is 4.14. The number of amides is 2. The zero-order chi connectivity index (χ0) is 13.5. The number of carbonyl (C=O) groups excluding carboxylic acids is 2. The van der Waals surface area contributed by atoms with Crippen molar-refractivity contribution >= 4 is 11.8 Å². The Kier molecular flexibility index (Phi) is 3.02. The lowest BCUT2D eigenvalue weighted by atomic mass is 9.83. The molecule has 2 aliphatic carbocycles. The summed E-state index contributed by atoms with van der Waals surface area (Å²) in [7, 11) is 0. The minimum absolute atomic E-state index is 0.0378. The lowest BCUT2D eigenvalue weighted by Gasteiger charge is -2.50. The molecule has 1 N–H and O–H groups in total. The molecule has 0 unspecified atom stereocenters. The van der Waals surface area contributed by atoms with Crippen LogP contribution in [0.4, 0.5) is 4.39 Å². The first-order chi connectivity index (χ1) is 9.15. The van der Waals surface area contributed by atoms with Gasteiger partial charge in [0.15, 0.2) is 0 Å². The van der Waals surface area contributed by atoms with Crippen LogP contribution in [0.2, 0.25) is 0 Å². The van der Waals surface area contributed by atoms with Gasteiger partial charge in [-0.25, -0.2) is 4.39 Å². The van der Waals surface area contributed by atoms with Crippen molar-refractivity contribution in [3.05, 3.63) is 0 Å². The SMILES string of the molecule is O=C1N(CCF)C2(CCCC2)C(=O)NC12CCCC2. The molecule has 0 aromatic carbocycles. The molecule has 2 spiro atoms. The Bertz CT molecular complexity index is 398. The quantitative estimate of drug-likeness (QED) is 0.826. The number of nitrogens with zero attached hydrogens (tertiary/aromatic N) is 1. The number of halogens is 1. The van der Waals surface area contributed by atoms with E-state index in [1.165, 1.54) is 0 Å². The maximum Gasteiger partial charge on any atom is 0.249 e. The van der Waals surface area contributed by atoms with E-state index < -0.39 is 17.8 Å². The summed E-state index contributed by atoms with van der Waals surface area (Å²) in [6.45, 7) is -0.509. The second-order valence-electron chi connectivity index (χ2n) is 6.13. The Morgan fingerprint density at radius 3 is 2.21 bits per heavy atom. The summed E-state index contributed by atoms with van der Waals surface area (Å²) in [6.07, 6.45) is 6.58. The van der Waals surface area contributed by atoms with E-state index in [9.17, 15) is 14.0 Å². The standard InChI is InChI=1S/C14H21FN2O2/c15-9-10-17-12(19)13(5-1-2-6-13)16-11(18)14(17)7-3-4-8-14/h1-10H2,(H,16,18). The highest BCUT2D eigenvalue weighted by atomic mass is 19.1. The van der Waals surface area contributed by atoms with Crippen molar-refractivity contribution in [1.29, 1.82) is 0 Å². The van der Waals surface area contributed by atoms with Gasteiger partial charge >= 0.3 is 0 Å². The molecule has 2 saturated carbocycles. The van der Waals surface area contributed by atoms with Crippen LogP contribution < -0.4 is 5.32 Å². The molecule has 3 rings (SSSR count). The zero-order valence-electron chi connectivity index (χ0n) is 11.2. The van der Waals surface area contributed by atoms with E-state index in [0.29, 0.717) is 25.7 Å². The molecule has 0 atom stereocenters. The third kappa shape index (κ3) is 1.70. The predicted octanol–water partition coefficient (Wildman–Crippen LogP) is 1.54. The van der Waals surface area contributed by atoms with E-state index in [1.807, 2.05) is 0 Å². The van der Waals surface area contributed by atoms with Gasteiger partial charge in [-0.05, 0) is 25.7 Å². The highest BCUT2D eigenvalue weighted by Gasteiger charge is 2.59. The first kappa shape index (κ1) is 12.9. The maximum absolute atomic E-state index is 12.9. The monoisotopic (exact) mass is 268 g/mol. The molecular formula is C14H21FN2O2. The fraction of sp³-hybridized carbons (Fsp3) is 0.857. The van der Waals surface area contributed by atoms with Crippen LogP contribution in [-0.2, 0) is 9.59 Å². The van der Waals surface area contributed by atoms with Crippen molar-refractivity contribution < 1.29 is 14.0 Å². The Morgan fingerprint density at radius 2 is 1.63 bits per heavy atom. The number of rotatable bonds is 2. The van der Waals surface area contributed by atoms with Crippen molar-refractivity contribution in [3.8, 4) is 0 Å². The molecule has 0 bridgehead atoms. The molecule has 0 aromatic heterocycles. The molecule has 5 heteroatoms. The summed E-state index contributed by atoms with van der Waals surface area (Å²) in [6, 6.07) is 0. The van der Waals surface area contributed by atoms with Crippen LogP contribution in [0.1, 0.15) is 51.4 Å². The minimum Gasteiger partial charge on any atom is -0.340 e. The van der Waals surface area contributed by atoms with Crippen molar-refractivity contribution in [2.45, 2.75) is 62.4 Å². The number of carbonyl (C=O) groups is 2. The molecule has 0 radical (unpaired) electrons. The van der Waals surface area contributed by atoms with E-state index in [2.05, 4.69) is 5.32 Å². The maximum atomic E-state index is 12.9. The zero-order valence-corrected chi connectivity index (χ0v) is 11.2. The molecule has 4 nitrogen and oxygen atoms in total. The summed E-state index contributed by atoms with van der Waals surface area (Å²) >= 11 is 0. The van der Waals surface area contributed by atoms with Crippen LogP contribution in [0.15, 0.2) is 0 Å². The number of nitrogens with one attached hydrogen (secondary N) is 1. The van der Waals surface area contributed by atoms with Crippen LogP contribution in [0.3, 0.4) is 0 Å². The van der Waals surface area contributed by atoms with E-state index in [1.54, 1.807) is 4.90 Å². The van der Waals surface area contributed by atoms with Gasteiger partial charge in [0.2, 0.25) is 11.8 Å². The van der Waals surface area contributed by atoms with Crippen LogP contribution in [0, 0.1) is 0 Å². The molecule has 3 fully saturated rings. The Morgan fingerprint density at radius 1 is 1.05 bits per heavy atom. The fourth-order valence-electron chi connectivity index (χ4n) is 4.14. The van der Waals surface area contributed by atoms with Gasteiger partial charge in [0, 0.05) is 0 Å². The molecule has 1 saturated heterocycles. The van der Waals surface area contributed by atoms with E-state index in [-0.39, 0.29) is 18.4 Å². The van der Waals surface area contributed by atoms with Crippen molar-refractivity contribution in [3.63, 3.8) is 0 Å². The van der Waals surface area contributed by atoms with Gasteiger partial charge < -0.3 is 10.2 Å². The third-order valence-electron chi connectivity index (χ3n) is 5.14. The second-order valence-corrected chi connectivity index (χ2v) is 6.13. The summed E-state index contributed by atoms with van der Waals surface area (Å²) in [4.78, 5) is 26.9. The van der Waals surface area contributed by atoms with Gasteiger partial charge in [-0.3, -0.25) is 9.59 Å². The Balaban J connectivity index is 1.96. The lowest BCUT2D eigenvalue weighted by Crippen LogP contribution is -2.74. The molecule has 1 heterocycles. The molecule has 2 amide bonds. The number of alkyl halides is 1. The summed E-state index contributed by atoms with van der Waals surface area (Å²) < 4.78 is 12.9. The van der Waals surface area contributed by atoms with E-state index >= 15 is 0 Å². The van der Waals surface area contributed by atoms with Gasteiger partial charge in [0.25, 0.3) is 0 Å². The van der Waals surface area contributed by atoms with Crippen LogP contribution in [0.5, 0.6) is 0 Å². The molecular weight excluding hydrogens is 247 g/mol. The number of hydrogen-bond donors (Lipinski definition) is 1. The van der Waals surface area contributed by atoms with Crippen LogP contribution in [0.25, 0.3) is 0 Å². The van der Waals surface area contributed by atoms with Gasteiger partial charge in [-0.2, -0.15) is 0 Å². The smallest absolute Gasteiger partial charge is 0.249 e. The molecule has 19 heavy (non-hydrogen) atoms. The van der Waals surface area contributed by atoms with Crippen molar-refractivity contribution in [1.82, 2.24) is 10.2 Å². The van der Waals surface area contributed by atoms with Gasteiger partial charge in [0.05, 0.1) is 6.54 Å². The highest BCUT2D eigenvalue weighted by molar-refractivity contribution is 6.02. The van der Waals surface area contributed by atoms with Crippen molar-refractivity contribution in [2.24, 2.45) is 0 Å². The Hall–Kier alpha value is -1.13. The predicted molar refractivity (Wildman–Crippen MR) is 68.2 cm³/mol. The van der Waals surface area contributed by atoms with Gasteiger partial charge in [-0.1, -0.05) is 25.7 Å². The van der Waals surface area contributed by atoms with Crippen LogP contribution in [-0.4, -0.2) is 41.0 Å². The molecule has 1 aliphatic heterocycles. The van der Waals surface area contributed by atoms with Gasteiger partial charge in [0.1, 0.15) is 17.8 Å². The summed E-state index contributed by atoms with van der Waals surface area (Å²) in [5, 5.41) is 3.01. The van der Waals surface area contributed by atoms with E-state index in [4.69, 9.17) is 0 Å². The average molecular weight is 268 g/mol. The minimum atomic E-state index is -0.753. The molecule has 106 valence electrons. The normalized spacial score (nSPS) is 28.4. The average Bonchev–Trinajstić information content (AvgIpc) is 3.03. The first-order valence-electron chi connectivity index (χ1n) is 7.35. The lowest BCUT2D eigenvalue weighted by molar-refractivity contribution is -0.163.